The molecule has 1 rings (SSSR count). The third kappa shape index (κ3) is 5.59. The Morgan fingerprint density at radius 3 is 2.58 bits per heavy atom. The summed E-state index contributed by atoms with van der Waals surface area (Å²) in [5, 5.41) is 3.70. The summed E-state index contributed by atoms with van der Waals surface area (Å²) in [6.07, 6.45) is 0. The van der Waals surface area contributed by atoms with E-state index in [0.29, 0.717) is 11.6 Å². The molecular weight excluding hydrogens is 264 g/mol. The maximum absolute atomic E-state index is 11.6. The van der Waals surface area contributed by atoms with Gasteiger partial charge in [0.05, 0.1) is 6.54 Å². The van der Waals surface area contributed by atoms with Gasteiger partial charge in [-0.15, -0.1) is 0 Å². The number of benzene rings is 1. The highest BCUT2D eigenvalue weighted by atomic mass is 35.5. The van der Waals surface area contributed by atoms with Crippen molar-refractivity contribution >= 4 is 17.6 Å². The number of nitrogens with two attached hydrogens (primary N) is 1. The molecule has 4 nitrogen and oxygen atoms in total. The minimum Gasteiger partial charge on any atom is -0.459 e. The Morgan fingerprint density at radius 1 is 1.42 bits per heavy atom. The van der Waals surface area contributed by atoms with Crippen LogP contribution in [0.3, 0.4) is 0 Å². The predicted octanol–water partition coefficient (Wildman–Crippen LogP) is 2.27. The first-order chi connectivity index (χ1) is 8.83. The molecule has 0 radical (unpaired) electrons. The summed E-state index contributed by atoms with van der Waals surface area (Å²) in [7, 11) is 0. The highest BCUT2D eigenvalue weighted by Gasteiger charge is 2.18. The van der Waals surface area contributed by atoms with E-state index in [4.69, 9.17) is 22.1 Å². The minimum absolute atomic E-state index is 0.102. The summed E-state index contributed by atoms with van der Waals surface area (Å²) < 4.78 is 5.22. The summed E-state index contributed by atoms with van der Waals surface area (Å²) in [6, 6.07) is 7.27. The molecule has 0 saturated heterocycles. The van der Waals surface area contributed by atoms with Crippen LogP contribution in [0.5, 0.6) is 0 Å². The number of esters is 1. The van der Waals surface area contributed by atoms with Crippen molar-refractivity contribution in [3.05, 3.63) is 34.9 Å². The number of carbonyl (C=O) groups excluding carboxylic acids is 1. The van der Waals surface area contributed by atoms with Gasteiger partial charge in [0.25, 0.3) is 0 Å². The van der Waals surface area contributed by atoms with Crippen LogP contribution in [0.2, 0.25) is 5.02 Å². The number of ether oxygens (including phenoxy) is 1. The van der Waals surface area contributed by atoms with Crippen molar-refractivity contribution in [2.45, 2.75) is 32.4 Å². The molecule has 0 fully saturated rings. The van der Waals surface area contributed by atoms with Crippen molar-refractivity contribution in [3.63, 3.8) is 0 Å². The molecule has 0 bridgehead atoms. The number of hydrogen-bond donors (Lipinski definition) is 2. The molecule has 5 heteroatoms. The van der Waals surface area contributed by atoms with Gasteiger partial charge in [0, 0.05) is 17.6 Å². The molecule has 0 aliphatic heterocycles. The summed E-state index contributed by atoms with van der Waals surface area (Å²) in [5.41, 5.74) is 6.11. The first kappa shape index (κ1) is 16.0. The average molecular weight is 285 g/mol. The lowest BCUT2D eigenvalue weighted by molar-refractivity contribution is -0.153. The maximum atomic E-state index is 11.6. The zero-order valence-corrected chi connectivity index (χ0v) is 12.3. The van der Waals surface area contributed by atoms with E-state index in [1.807, 2.05) is 39.0 Å². The first-order valence-corrected chi connectivity index (χ1v) is 6.61. The van der Waals surface area contributed by atoms with Gasteiger partial charge >= 0.3 is 5.97 Å². The van der Waals surface area contributed by atoms with E-state index in [9.17, 15) is 4.79 Å². The standard InChI is InChI=1S/C14H21ClN2O2/c1-14(2,3)19-13(18)9-17-12(8-16)10-6-4-5-7-11(10)15/h4-7,12,17H,8-9,16H2,1-3H3. The molecule has 0 spiro atoms. The van der Waals surface area contributed by atoms with Crippen LogP contribution in [0, 0.1) is 0 Å². The molecular formula is C14H21ClN2O2. The third-order valence-electron chi connectivity index (χ3n) is 2.43. The van der Waals surface area contributed by atoms with Crippen molar-refractivity contribution < 1.29 is 9.53 Å². The number of rotatable bonds is 5. The van der Waals surface area contributed by atoms with E-state index >= 15 is 0 Å². The summed E-state index contributed by atoms with van der Waals surface area (Å²) in [5.74, 6) is -0.307. The molecule has 0 aliphatic carbocycles. The van der Waals surface area contributed by atoms with Crippen molar-refractivity contribution in [1.82, 2.24) is 5.32 Å². The Bertz CT molecular complexity index is 430. The Balaban J connectivity index is 2.59. The van der Waals surface area contributed by atoms with Gasteiger partial charge in [-0.2, -0.15) is 0 Å². The number of nitrogens with one attached hydrogen (secondary N) is 1. The van der Waals surface area contributed by atoms with Crippen molar-refractivity contribution in [2.75, 3.05) is 13.1 Å². The number of hydrogen-bond acceptors (Lipinski definition) is 4. The lowest BCUT2D eigenvalue weighted by atomic mass is 10.1. The van der Waals surface area contributed by atoms with E-state index in [1.165, 1.54) is 0 Å². The largest absolute Gasteiger partial charge is 0.459 e. The Morgan fingerprint density at radius 2 is 2.05 bits per heavy atom. The molecule has 1 unspecified atom stereocenters. The van der Waals surface area contributed by atoms with E-state index in [1.54, 1.807) is 6.07 Å². The summed E-state index contributed by atoms with van der Waals surface area (Å²) in [4.78, 5) is 11.6. The predicted molar refractivity (Wildman–Crippen MR) is 77.1 cm³/mol. The SMILES string of the molecule is CC(C)(C)OC(=O)CNC(CN)c1ccccc1Cl. The smallest absolute Gasteiger partial charge is 0.320 e. The fourth-order valence-electron chi connectivity index (χ4n) is 1.66. The molecule has 0 aliphatic rings. The first-order valence-electron chi connectivity index (χ1n) is 6.23. The Hall–Kier alpha value is -1.10. The number of halogens is 1. The monoisotopic (exact) mass is 284 g/mol. The average Bonchev–Trinajstić information content (AvgIpc) is 2.29. The lowest BCUT2D eigenvalue weighted by Crippen LogP contribution is -2.36. The maximum Gasteiger partial charge on any atom is 0.320 e. The Kier molecular flexibility index (Phi) is 5.79. The van der Waals surface area contributed by atoms with Crippen molar-refractivity contribution in [2.24, 2.45) is 5.73 Å². The molecule has 1 atom stereocenters. The Labute approximate surface area is 119 Å². The molecule has 3 N–H and O–H groups in total. The third-order valence-corrected chi connectivity index (χ3v) is 2.77. The molecule has 19 heavy (non-hydrogen) atoms. The molecule has 0 saturated carbocycles. The highest BCUT2D eigenvalue weighted by molar-refractivity contribution is 6.31. The summed E-state index contributed by atoms with van der Waals surface area (Å²) >= 11 is 6.11. The van der Waals surface area contributed by atoms with Gasteiger partial charge in [0.2, 0.25) is 0 Å². The van der Waals surface area contributed by atoms with E-state index < -0.39 is 5.60 Å². The molecule has 1 aromatic carbocycles. The molecule has 0 aromatic heterocycles. The van der Waals surface area contributed by atoms with Gasteiger partial charge in [0.1, 0.15) is 5.60 Å². The fraction of sp³-hybridized carbons (Fsp3) is 0.500. The van der Waals surface area contributed by atoms with Crippen LogP contribution < -0.4 is 11.1 Å². The van der Waals surface area contributed by atoms with Crippen LogP contribution in [0.15, 0.2) is 24.3 Å². The normalized spacial score (nSPS) is 13.1. The van der Waals surface area contributed by atoms with Gasteiger partial charge in [-0.05, 0) is 32.4 Å². The van der Waals surface area contributed by atoms with Crippen LogP contribution in [0.4, 0.5) is 0 Å². The molecule has 0 heterocycles. The van der Waals surface area contributed by atoms with Crippen LogP contribution in [0.1, 0.15) is 32.4 Å². The van der Waals surface area contributed by atoms with Crippen molar-refractivity contribution in [1.29, 1.82) is 0 Å². The zero-order valence-electron chi connectivity index (χ0n) is 11.6. The van der Waals surface area contributed by atoms with Gasteiger partial charge < -0.3 is 10.5 Å². The van der Waals surface area contributed by atoms with Crippen LogP contribution in [-0.4, -0.2) is 24.7 Å². The van der Waals surface area contributed by atoms with Gasteiger partial charge in [-0.1, -0.05) is 29.8 Å². The number of carbonyl (C=O) groups is 1. The summed E-state index contributed by atoms with van der Waals surface area (Å²) in [6.45, 7) is 5.95. The zero-order chi connectivity index (χ0) is 14.5. The van der Waals surface area contributed by atoms with Crippen LogP contribution >= 0.6 is 11.6 Å². The minimum atomic E-state index is -0.485. The van der Waals surface area contributed by atoms with Gasteiger partial charge in [0.15, 0.2) is 0 Å². The molecule has 106 valence electrons. The van der Waals surface area contributed by atoms with E-state index in [2.05, 4.69) is 5.32 Å². The fourth-order valence-corrected chi connectivity index (χ4v) is 1.93. The van der Waals surface area contributed by atoms with Crippen LogP contribution in [-0.2, 0) is 9.53 Å². The van der Waals surface area contributed by atoms with E-state index in [-0.39, 0.29) is 18.6 Å². The van der Waals surface area contributed by atoms with Gasteiger partial charge in [-0.25, -0.2) is 0 Å². The second-order valence-corrected chi connectivity index (χ2v) is 5.68. The van der Waals surface area contributed by atoms with Crippen molar-refractivity contribution in [3.8, 4) is 0 Å². The highest BCUT2D eigenvalue weighted by Crippen LogP contribution is 2.21. The second-order valence-electron chi connectivity index (χ2n) is 5.28. The second kappa shape index (κ2) is 6.89. The van der Waals surface area contributed by atoms with Crippen LogP contribution in [0.25, 0.3) is 0 Å². The quantitative estimate of drug-likeness (QED) is 0.814. The topological polar surface area (TPSA) is 64.3 Å². The van der Waals surface area contributed by atoms with Gasteiger partial charge in [-0.3, -0.25) is 10.1 Å². The molecule has 1 aromatic rings. The molecule has 0 amide bonds. The van der Waals surface area contributed by atoms with E-state index in [0.717, 1.165) is 5.56 Å². The lowest BCUT2D eigenvalue weighted by Gasteiger charge is -2.22.